The number of imidazole rings is 1. The van der Waals surface area contributed by atoms with Crippen molar-refractivity contribution in [2.24, 2.45) is 0 Å². The van der Waals surface area contributed by atoms with Gasteiger partial charge in [0.05, 0.1) is 11.0 Å². The fraction of sp³-hybridized carbons (Fsp3) is 0.200. The molecule has 31 heavy (non-hydrogen) atoms. The SMILES string of the molecule is O=C(c1ccc(-c2ccccc2)cc1)N1CCC(c2nc3cc(F)c(F)cc3[nH]2)CC1. The maximum Gasteiger partial charge on any atom is 0.253 e. The third kappa shape index (κ3) is 3.81. The lowest BCUT2D eigenvalue weighted by Gasteiger charge is -2.31. The van der Waals surface area contributed by atoms with Gasteiger partial charge in [0, 0.05) is 36.7 Å². The number of aromatic nitrogens is 2. The molecular weight excluding hydrogens is 396 g/mol. The van der Waals surface area contributed by atoms with Crippen LogP contribution in [0.5, 0.6) is 0 Å². The second-order valence-electron chi connectivity index (χ2n) is 7.92. The van der Waals surface area contributed by atoms with Gasteiger partial charge >= 0.3 is 0 Å². The molecule has 3 aromatic carbocycles. The molecule has 0 spiro atoms. The minimum Gasteiger partial charge on any atom is -0.342 e. The zero-order valence-corrected chi connectivity index (χ0v) is 16.8. The summed E-state index contributed by atoms with van der Waals surface area (Å²) >= 11 is 0. The number of hydrogen-bond acceptors (Lipinski definition) is 2. The number of benzene rings is 3. The number of nitrogens with one attached hydrogen (secondary N) is 1. The van der Waals surface area contributed by atoms with Gasteiger partial charge in [0.1, 0.15) is 5.82 Å². The normalized spacial score (nSPS) is 14.8. The molecule has 0 bridgehead atoms. The minimum absolute atomic E-state index is 0.0202. The largest absolute Gasteiger partial charge is 0.342 e. The second kappa shape index (κ2) is 7.95. The summed E-state index contributed by atoms with van der Waals surface area (Å²) in [5.41, 5.74) is 3.78. The van der Waals surface area contributed by atoms with Gasteiger partial charge in [-0.2, -0.15) is 0 Å². The topological polar surface area (TPSA) is 49.0 Å². The second-order valence-corrected chi connectivity index (χ2v) is 7.92. The van der Waals surface area contributed by atoms with Crippen LogP contribution in [0, 0.1) is 11.6 Å². The highest BCUT2D eigenvalue weighted by Crippen LogP contribution is 2.29. The van der Waals surface area contributed by atoms with Crippen molar-refractivity contribution in [2.45, 2.75) is 18.8 Å². The fourth-order valence-electron chi connectivity index (χ4n) is 4.19. The first-order chi connectivity index (χ1) is 15.1. The fourth-order valence-corrected chi connectivity index (χ4v) is 4.19. The zero-order chi connectivity index (χ0) is 21.4. The number of aromatic amines is 1. The van der Waals surface area contributed by atoms with Crippen molar-refractivity contribution in [3.8, 4) is 11.1 Å². The summed E-state index contributed by atoms with van der Waals surface area (Å²) < 4.78 is 26.9. The number of H-pyrrole nitrogens is 1. The summed E-state index contributed by atoms with van der Waals surface area (Å²) in [6.45, 7) is 1.23. The van der Waals surface area contributed by atoms with Crippen LogP contribution in [0.1, 0.15) is 34.9 Å². The van der Waals surface area contributed by atoms with Gasteiger partial charge in [-0.1, -0.05) is 42.5 Å². The van der Waals surface area contributed by atoms with E-state index in [1.165, 1.54) is 0 Å². The van der Waals surface area contributed by atoms with E-state index in [1.807, 2.05) is 59.5 Å². The smallest absolute Gasteiger partial charge is 0.253 e. The van der Waals surface area contributed by atoms with Crippen LogP contribution in [0.15, 0.2) is 66.7 Å². The van der Waals surface area contributed by atoms with Gasteiger partial charge in [-0.3, -0.25) is 4.79 Å². The molecule has 1 aromatic heterocycles. The molecule has 5 rings (SSSR count). The number of halogens is 2. The molecule has 1 saturated heterocycles. The Hall–Kier alpha value is -3.54. The number of amides is 1. The van der Waals surface area contributed by atoms with E-state index >= 15 is 0 Å². The monoisotopic (exact) mass is 417 g/mol. The third-order valence-corrected chi connectivity index (χ3v) is 5.95. The van der Waals surface area contributed by atoms with E-state index in [0.29, 0.717) is 29.7 Å². The summed E-state index contributed by atoms with van der Waals surface area (Å²) in [6, 6.07) is 20.0. The molecule has 156 valence electrons. The Kier molecular flexibility index (Phi) is 4.98. The lowest BCUT2D eigenvalue weighted by molar-refractivity contribution is 0.0711. The molecule has 6 heteroatoms. The number of piperidine rings is 1. The van der Waals surface area contributed by atoms with E-state index in [0.717, 1.165) is 41.9 Å². The number of hydrogen-bond donors (Lipinski definition) is 1. The molecule has 4 nitrogen and oxygen atoms in total. The average molecular weight is 417 g/mol. The van der Waals surface area contributed by atoms with Crippen molar-refractivity contribution in [3.05, 3.63) is 89.8 Å². The van der Waals surface area contributed by atoms with Crippen molar-refractivity contribution in [3.63, 3.8) is 0 Å². The molecule has 4 aromatic rings. The quantitative estimate of drug-likeness (QED) is 0.477. The number of nitrogens with zero attached hydrogens (tertiary/aromatic N) is 2. The molecule has 0 unspecified atom stereocenters. The van der Waals surface area contributed by atoms with Gasteiger partial charge in [0.15, 0.2) is 11.6 Å². The maximum absolute atomic E-state index is 13.5. The molecule has 2 heterocycles. The van der Waals surface area contributed by atoms with E-state index in [-0.39, 0.29) is 11.8 Å². The highest BCUT2D eigenvalue weighted by atomic mass is 19.2. The molecule has 1 N–H and O–H groups in total. The lowest BCUT2D eigenvalue weighted by atomic mass is 9.95. The van der Waals surface area contributed by atoms with Gasteiger partial charge < -0.3 is 9.88 Å². The average Bonchev–Trinajstić information content (AvgIpc) is 3.22. The van der Waals surface area contributed by atoms with E-state index in [4.69, 9.17) is 0 Å². The van der Waals surface area contributed by atoms with E-state index < -0.39 is 11.6 Å². The first kappa shape index (κ1) is 19.4. The third-order valence-electron chi connectivity index (χ3n) is 5.95. The lowest BCUT2D eigenvalue weighted by Crippen LogP contribution is -2.38. The number of rotatable bonds is 3. The summed E-state index contributed by atoms with van der Waals surface area (Å²) in [6.07, 6.45) is 1.50. The van der Waals surface area contributed by atoms with Crippen LogP contribution in [0.4, 0.5) is 8.78 Å². The van der Waals surface area contributed by atoms with Crippen molar-refractivity contribution >= 4 is 16.9 Å². The van der Waals surface area contributed by atoms with Crippen LogP contribution in [0.3, 0.4) is 0 Å². The zero-order valence-electron chi connectivity index (χ0n) is 16.8. The molecule has 1 aliphatic heterocycles. The highest BCUT2D eigenvalue weighted by molar-refractivity contribution is 5.94. The summed E-state index contributed by atoms with van der Waals surface area (Å²) in [5.74, 6) is -0.917. The predicted octanol–water partition coefficient (Wildman–Crippen LogP) is 5.53. The van der Waals surface area contributed by atoms with E-state index in [9.17, 15) is 13.6 Å². The Morgan fingerprint density at radius 1 is 0.903 bits per heavy atom. The Labute approximate surface area is 178 Å². The van der Waals surface area contributed by atoms with Crippen LogP contribution >= 0.6 is 0 Å². The van der Waals surface area contributed by atoms with Crippen LogP contribution in [0.2, 0.25) is 0 Å². The van der Waals surface area contributed by atoms with Crippen molar-refractivity contribution in [1.82, 2.24) is 14.9 Å². The number of carbonyl (C=O) groups excluding carboxylic acids is 1. The molecule has 1 fully saturated rings. The van der Waals surface area contributed by atoms with Gasteiger partial charge in [-0.25, -0.2) is 13.8 Å². The molecule has 1 aliphatic rings. The summed E-state index contributed by atoms with van der Waals surface area (Å²) in [4.78, 5) is 22.3. The van der Waals surface area contributed by atoms with Gasteiger partial charge in [0.25, 0.3) is 5.91 Å². The van der Waals surface area contributed by atoms with Gasteiger partial charge in [0.2, 0.25) is 0 Å². The maximum atomic E-state index is 13.5. The first-order valence-corrected chi connectivity index (χ1v) is 10.4. The predicted molar refractivity (Wildman–Crippen MR) is 116 cm³/mol. The molecule has 0 atom stereocenters. The standard InChI is InChI=1S/C25H21F2N3O/c26-20-14-22-23(15-21(20)27)29-24(28-22)18-10-12-30(13-11-18)25(31)19-8-6-17(7-9-19)16-4-2-1-3-5-16/h1-9,14-15,18H,10-13H2,(H,28,29). The molecule has 0 saturated carbocycles. The van der Waals surface area contributed by atoms with Crippen LogP contribution < -0.4 is 0 Å². The van der Waals surface area contributed by atoms with E-state index in [1.54, 1.807) is 0 Å². The Morgan fingerprint density at radius 3 is 2.26 bits per heavy atom. The van der Waals surface area contributed by atoms with Gasteiger partial charge in [-0.05, 0) is 36.1 Å². The number of carbonyl (C=O) groups is 1. The van der Waals surface area contributed by atoms with Crippen LogP contribution in [-0.4, -0.2) is 33.9 Å². The van der Waals surface area contributed by atoms with Crippen molar-refractivity contribution < 1.29 is 13.6 Å². The van der Waals surface area contributed by atoms with Gasteiger partial charge in [-0.15, -0.1) is 0 Å². The summed E-state index contributed by atoms with van der Waals surface area (Å²) in [7, 11) is 0. The highest BCUT2D eigenvalue weighted by Gasteiger charge is 2.26. The van der Waals surface area contributed by atoms with Crippen LogP contribution in [-0.2, 0) is 0 Å². The molecule has 0 radical (unpaired) electrons. The molecule has 0 aliphatic carbocycles. The summed E-state index contributed by atoms with van der Waals surface area (Å²) in [5, 5.41) is 0. The number of likely N-dealkylation sites (tertiary alicyclic amines) is 1. The van der Waals surface area contributed by atoms with Crippen LogP contribution in [0.25, 0.3) is 22.2 Å². The van der Waals surface area contributed by atoms with E-state index in [2.05, 4.69) is 9.97 Å². The van der Waals surface area contributed by atoms with Crippen molar-refractivity contribution in [2.75, 3.05) is 13.1 Å². The molecule has 1 amide bonds. The van der Waals surface area contributed by atoms with Crippen molar-refractivity contribution in [1.29, 1.82) is 0 Å². The molecular formula is C25H21F2N3O. The number of fused-ring (bicyclic) bond motifs is 1. The Balaban J connectivity index is 1.25. The Morgan fingerprint density at radius 2 is 1.55 bits per heavy atom. The first-order valence-electron chi connectivity index (χ1n) is 10.4. The Bertz CT molecular complexity index is 1190. The minimum atomic E-state index is -0.899.